The van der Waals surface area contributed by atoms with E-state index in [4.69, 9.17) is 15.2 Å². The zero-order chi connectivity index (χ0) is 14.3. The third kappa shape index (κ3) is 2.04. The number of ether oxygens (including phenoxy) is 2. The molecule has 0 saturated heterocycles. The summed E-state index contributed by atoms with van der Waals surface area (Å²) >= 11 is 3.75. The van der Waals surface area contributed by atoms with Crippen LogP contribution in [0.1, 0.15) is 50.2 Å². The van der Waals surface area contributed by atoms with Crippen molar-refractivity contribution in [2.45, 2.75) is 44.4 Å². The van der Waals surface area contributed by atoms with Crippen molar-refractivity contribution < 1.29 is 9.47 Å². The summed E-state index contributed by atoms with van der Waals surface area (Å²) in [5.41, 5.74) is 8.87. The van der Waals surface area contributed by atoms with Crippen molar-refractivity contribution >= 4 is 15.9 Å². The molecule has 1 aromatic carbocycles. The highest BCUT2D eigenvalue weighted by Gasteiger charge is 2.42. The van der Waals surface area contributed by atoms with Gasteiger partial charge in [-0.05, 0) is 30.4 Å². The van der Waals surface area contributed by atoms with Gasteiger partial charge in [0.2, 0.25) is 0 Å². The van der Waals surface area contributed by atoms with Crippen LogP contribution in [0.15, 0.2) is 10.5 Å². The van der Waals surface area contributed by atoms with Gasteiger partial charge in [-0.2, -0.15) is 0 Å². The van der Waals surface area contributed by atoms with Gasteiger partial charge >= 0.3 is 0 Å². The zero-order valence-corrected chi connectivity index (χ0v) is 13.8. The molecule has 1 heterocycles. The van der Waals surface area contributed by atoms with E-state index in [1.165, 1.54) is 30.4 Å². The number of benzene rings is 1. The summed E-state index contributed by atoms with van der Waals surface area (Å²) in [5, 5.41) is 0. The molecule has 0 aromatic heterocycles. The average molecular weight is 340 g/mol. The Hall–Kier alpha value is -0.740. The molecule has 2 aliphatic rings. The van der Waals surface area contributed by atoms with Gasteiger partial charge < -0.3 is 15.2 Å². The van der Waals surface area contributed by atoms with E-state index in [9.17, 15) is 0 Å². The predicted molar refractivity (Wildman–Crippen MR) is 83.8 cm³/mol. The Labute approximate surface area is 129 Å². The zero-order valence-electron chi connectivity index (χ0n) is 12.2. The monoisotopic (exact) mass is 339 g/mol. The molecule has 1 saturated carbocycles. The summed E-state index contributed by atoms with van der Waals surface area (Å²) in [6, 6.07) is 2.06. The third-order valence-corrected chi connectivity index (χ3v) is 5.26. The van der Waals surface area contributed by atoms with Gasteiger partial charge in [0.15, 0.2) is 11.5 Å². The molecule has 1 aliphatic heterocycles. The molecule has 1 fully saturated rings. The molecule has 0 bridgehead atoms. The molecule has 2 N–H and O–H groups in total. The molecule has 1 aromatic rings. The van der Waals surface area contributed by atoms with E-state index in [2.05, 4.69) is 35.8 Å². The van der Waals surface area contributed by atoms with E-state index < -0.39 is 0 Å². The van der Waals surface area contributed by atoms with Gasteiger partial charge in [0.1, 0.15) is 13.2 Å². The first kappa shape index (κ1) is 14.2. The molecule has 0 atom stereocenters. The highest BCUT2D eigenvalue weighted by Crippen LogP contribution is 2.53. The summed E-state index contributed by atoms with van der Waals surface area (Å²) in [7, 11) is 0. The lowest BCUT2D eigenvalue weighted by molar-refractivity contribution is 0.167. The quantitative estimate of drug-likeness (QED) is 0.912. The van der Waals surface area contributed by atoms with E-state index in [1.54, 1.807) is 0 Å². The van der Waals surface area contributed by atoms with E-state index in [0.29, 0.717) is 25.7 Å². The fourth-order valence-corrected chi connectivity index (χ4v) is 4.27. The van der Waals surface area contributed by atoms with E-state index in [0.717, 1.165) is 16.0 Å². The van der Waals surface area contributed by atoms with Crippen LogP contribution in [0, 0.1) is 0 Å². The number of hydrogen-bond acceptors (Lipinski definition) is 3. The number of fused-ring (bicyclic) bond motifs is 1. The Balaban J connectivity index is 2.22. The van der Waals surface area contributed by atoms with Gasteiger partial charge in [-0.25, -0.2) is 0 Å². The molecule has 110 valence electrons. The Kier molecular flexibility index (Phi) is 3.71. The molecule has 0 amide bonds. The van der Waals surface area contributed by atoms with E-state index in [-0.39, 0.29) is 5.41 Å². The van der Waals surface area contributed by atoms with Crippen molar-refractivity contribution in [3.8, 4) is 11.5 Å². The van der Waals surface area contributed by atoms with Crippen molar-refractivity contribution in [1.82, 2.24) is 0 Å². The Morgan fingerprint density at radius 2 is 2.00 bits per heavy atom. The van der Waals surface area contributed by atoms with Crippen molar-refractivity contribution in [3.05, 3.63) is 21.7 Å². The van der Waals surface area contributed by atoms with Gasteiger partial charge in [-0.15, -0.1) is 0 Å². The first-order valence-electron chi connectivity index (χ1n) is 7.41. The molecule has 0 radical (unpaired) electrons. The average Bonchev–Trinajstić information content (AvgIpc) is 2.38. The standard InChI is InChI=1S/C16H22BrNO2/c1-10(2)13-14(16(9-18)4-3-5-16)11(17)8-12-15(13)20-7-6-19-12/h8,10H,3-7,9,18H2,1-2H3. The number of rotatable bonds is 3. The van der Waals surface area contributed by atoms with Gasteiger partial charge in [-0.3, -0.25) is 0 Å². The maximum atomic E-state index is 6.12. The van der Waals surface area contributed by atoms with Crippen LogP contribution >= 0.6 is 15.9 Å². The van der Waals surface area contributed by atoms with Crippen LogP contribution in [0.5, 0.6) is 11.5 Å². The van der Waals surface area contributed by atoms with Crippen LogP contribution in [-0.2, 0) is 5.41 Å². The largest absolute Gasteiger partial charge is 0.486 e. The number of halogens is 1. The minimum Gasteiger partial charge on any atom is -0.486 e. The molecular formula is C16H22BrNO2. The van der Waals surface area contributed by atoms with Crippen LogP contribution in [0.2, 0.25) is 0 Å². The summed E-state index contributed by atoms with van der Waals surface area (Å²) < 4.78 is 12.8. The molecule has 3 nitrogen and oxygen atoms in total. The first-order chi connectivity index (χ1) is 9.59. The highest BCUT2D eigenvalue weighted by atomic mass is 79.9. The Morgan fingerprint density at radius 3 is 2.55 bits per heavy atom. The topological polar surface area (TPSA) is 44.5 Å². The second-order valence-electron chi connectivity index (χ2n) is 6.16. The maximum absolute atomic E-state index is 6.12. The summed E-state index contributed by atoms with van der Waals surface area (Å²) in [6.07, 6.45) is 3.60. The fourth-order valence-electron chi connectivity index (χ4n) is 3.43. The summed E-state index contributed by atoms with van der Waals surface area (Å²) in [5.74, 6) is 2.19. The lowest BCUT2D eigenvalue weighted by Crippen LogP contribution is -2.43. The summed E-state index contributed by atoms with van der Waals surface area (Å²) in [4.78, 5) is 0. The Morgan fingerprint density at radius 1 is 1.30 bits per heavy atom. The molecule has 20 heavy (non-hydrogen) atoms. The second kappa shape index (κ2) is 5.23. The van der Waals surface area contributed by atoms with Gasteiger partial charge in [-0.1, -0.05) is 36.2 Å². The molecule has 0 unspecified atom stereocenters. The fraction of sp³-hybridized carbons (Fsp3) is 0.625. The second-order valence-corrected chi connectivity index (χ2v) is 7.02. The molecule has 0 spiro atoms. The third-order valence-electron chi connectivity index (χ3n) is 4.63. The highest BCUT2D eigenvalue weighted by molar-refractivity contribution is 9.10. The van der Waals surface area contributed by atoms with Crippen LogP contribution in [0.25, 0.3) is 0 Å². The normalized spacial score (nSPS) is 19.9. The lowest BCUT2D eigenvalue weighted by atomic mass is 9.62. The van der Waals surface area contributed by atoms with Crippen molar-refractivity contribution in [2.24, 2.45) is 5.73 Å². The van der Waals surface area contributed by atoms with Gasteiger partial charge in [0.05, 0.1) is 0 Å². The number of nitrogens with two attached hydrogens (primary N) is 1. The van der Waals surface area contributed by atoms with Gasteiger partial charge in [0, 0.05) is 22.0 Å². The molecule has 1 aliphatic carbocycles. The van der Waals surface area contributed by atoms with Crippen LogP contribution in [0.3, 0.4) is 0 Å². The lowest BCUT2D eigenvalue weighted by Gasteiger charge is -2.44. The van der Waals surface area contributed by atoms with Crippen LogP contribution < -0.4 is 15.2 Å². The van der Waals surface area contributed by atoms with Crippen molar-refractivity contribution in [2.75, 3.05) is 19.8 Å². The minimum absolute atomic E-state index is 0.119. The SMILES string of the molecule is CC(C)c1c2c(cc(Br)c1C1(CN)CCC1)OCCO2. The maximum Gasteiger partial charge on any atom is 0.165 e. The smallest absolute Gasteiger partial charge is 0.165 e. The number of hydrogen-bond donors (Lipinski definition) is 1. The van der Waals surface area contributed by atoms with E-state index in [1.807, 2.05) is 0 Å². The molecule has 4 heteroatoms. The molecule has 3 rings (SSSR count). The van der Waals surface area contributed by atoms with Gasteiger partial charge in [0.25, 0.3) is 0 Å². The van der Waals surface area contributed by atoms with Crippen LogP contribution in [0.4, 0.5) is 0 Å². The predicted octanol–water partition coefficient (Wildman–Crippen LogP) is 3.72. The minimum atomic E-state index is 0.119. The molecular weight excluding hydrogens is 318 g/mol. The van der Waals surface area contributed by atoms with Crippen molar-refractivity contribution in [1.29, 1.82) is 0 Å². The van der Waals surface area contributed by atoms with Crippen LogP contribution in [-0.4, -0.2) is 19.8 Å². The first-order valence-corrected chi connectivity index (χ1v) is 8.21. The van der Waals surface area contributed by atoms with E-state index >= 15 is 0 Å². The summed E-state index contributed by atoms with van der Waals surface area (Å²) in [6.45, 7) is 6.38. The van der Waals surface area contributed by atoms with Crippen molar-refractivity contribution in [3.63, 3.8) is 0 Å². The Bertz CT molecular complexity index is 518.